The van der Waals surface area contributed by atoms with Gasteiger partial charge in [0, 0.05) is 47.0 Å². The Morgan fingerprint density at radius 2 is 1.57 bits per heavy atom. The highest BCUT2D eigenvalue weighted by Crippen LogP contribution is 2.28. The Balaban J connectivity index is 1.26. The molecule has 1 aliphatic heterocycles. The van der Waals surface area contributed by atoms with Crippen LogP contribution in [0.3, 0.4) is 0 Å². The number of methoxy groups -OCH3 is 1. The number of nitrogens with one attached hydrogen (secondary N) is 4. The van der Waals surface area contributed by atoms with E-state index in [0.29, 0.717) is 51.1 Å². The van der Waals surface area contributed by atoms with Gasteiger partial charge in [0.25, 0.3) is 0 Å². The fourth-order valence-corrected chi connectivity index (χ4v) is 6.59. The minimum absolute atomic E-state index is 0.154. The molecule has 0 spiro atoms. The topological polar surface area (TPSA) is 139 Å². The molecule has 10 nitrogen and oxygen atoms in total. The van der Waals surface area contributed by atoms with Crippen LogP contribution in [-0.2, 0) is 30.6 Å². The molecule has 3 aromatic carbocycles. The first kappa shape index (κ1) is 29.8. The third kappa shape index (κ3) is 6.01. The van der Waals surface area contributed by atoms with Crippen LogP contribution in [0.2, 0.25) is 0 Å². The van der Waals surface area contributed by atoms with Gasteiger partial charge in [-0.1, -0.05) is 48.5 Å². The standard InChI is InChI=1S/C36H40N8O2/c1-46-27-13-10-24(11-14-27)23-44-33(15-12-25-21-39-30-8-4-2-6-28(25)30)42-43-34(44)32(41-35(45)36(37)16-18-38-19-17-36)20-26-22-40-31-9-5-3-7-29(26)31/h2-11,13-14,21-22,32,38-40H,12,15-20,23,37H2,1H3,(H,41,45). The Morgan fingerprint density at radius 3 is 2.26 bits per heavy atom. The van der Waals surface area contributed by atoms with E-state index in [1.165, 1.54) is 10.9 Å². The fraction of sp³-hybridized carbons (Fsp3) is 0.306. The lowest BCUT2D eigenvalue weighted by Gasteiger charge is -2.34. The lowest BCUT2D eigenvalue weighted by Crippen LogP contribution is -2.59. The van der Waals surface area contributed by atoms with Crippen molar-refractivity contribution < 1.29 is 9.53 Å². The first-order valence-corrected chi connectivity index (χ1v) is 16.0. The van der Waals surface area contributed by atoms with Crippen molar-refractivity contribution >= 4 is 27.7 Å². The molecule has 236 valence electrons. The second-order valence-corrected chi connectivity index (χ2v) is 12.3. The minimum atomic E-state index is -0.942. The maximum atomic E-state index is 13.9. The van der Waals surface area contributed by atoms with Crippen LogP contribution in [0, 0.1) is 0 Å². The predicted octanol–water partition coefficient (Wildman–Crippen LogP) is 4.56. The highest BCUT2D eigenvalue weighted by atomic mass is 16.5. The van der Waals surface area contributed by atoms with E-state index in [1.54, 1.807) is 7.11 Å². The van der Waals surface area contributed by atoms with E-state index < -0.39 is 11.6 Å². The Labute approximate surface area is 267 Å². The zero-order valence-corrected chi connectivity index (χ0v) is 26.1. The molecule has 0 saturated carbocycles. The van der Waals surface area contributed by atoms with Crippen LogP contribution >= 0.6 is 0 Å². The first-order chi connectivity index (χ1) is 22.5. The van der Waals surface area contributed by atoms with Crippen LogP contribution < -0.4 is 21.1 Å². The summed E-state index contributed by atoms with van der Waals surface area (Å²) in [6.07, 6.45) is 7.27. The maximum absolute atomic E-state index is 13.9. The summed E-state index contributed by atoms with van der Waals surface area (Å²) in [5.41, 5.74) is 11.4. The van der Waals surface area contributed by atoms with Crippen LogP contribution in [0.5, 0.6) is 5.75 Å². The van der Waals surface area contributed by atoms with Crippen LogP contribution in [-0.4, -0.2) is 56.4 Å². The Kier molecular flexibility index (Phi) is 8.30. The van der Waals surface area contributed by atoms with Gasteiger partial charge in [0.05, 0.1) is 25.2 Å². The number of benzene rings is 3. The Bertz CT molecular complexity index is 1950. The number of ether oxygens (including phenoxy) is 1. The summed E-state index contributed by atoms with van der Waals surface area (Å²) in [4.78, 5) is 20.7. The van der Waals surface area contributed by atoms with E-state index in [1.807, 2.05) is 36.5 Å². The number of carbonyl (C=O) groups excluding carboxylic acids is 1. The van der Waals surface area contributed by atoms with E-state index in [0.717, 1.165) is 45.5 Å². The Hall–Kier alpha value is -4.93. The number of rotatable bonds is 11. The molecular formula is C36H40N8O2. The normalized spacial score (nSPS) is 15.3. The summed E-state index contributed by atoms with van der Waals surface area (Å²) in [6.45, 7) is 1.97. The molecule has 10 heteroatoms. The molecule has 1 fully saturated rings. The molecule has 3 aromatic heterocycles. The van der Waals surface area contributed by atoms with Crippen molar-refractivity contribution in [3.63, 3.8) is 0 Å². The van der Waals surface area contributed by atoms with Crippen LogP contribution in [0.25, 0.3) is 21.8 Å². The van der Waals surface area contributed by atoms with Gasteiger partial charge in [-0.3, -0.25) is 4.79 Å². The number of H-pyrrole nitrogens is 2. The van der Waals surface area contributed by atoms with Crippen LogP contribution in [0.15, 0.2) is 85.2 Å². The quantitative estimate of drug-likeness (QED) is 0.145. The number of para-hydroxylation sites is 2. The number of aryl methyl sites for hydroxylation is 2. The summed E-state index contributed by atoms with van der Waals surface area (Å²) < 4.78 is 7.58. The van der Waals surface area contributed by atoms with E-state index in [4.69, 9.17) is 20.7 Å². The van der Waals surface area contributed by atoms with Gasteiger partial charge in [-0.25, -0.2) is 0 Å². The molecule has 4 heterocycles. The highest BCUT2D eigenvalue weighted by Gasteiger charge is 2.37. The lowest BCUT2D eigenvalue weighted by atomic mass is 9.88. The zero-order chi connectivity index (χ0) is 31.5. The van der Waals surface area contributed by atoms with E-state index in [-0.39, 0.29) is 5.91 Å². The molecule has 1 saturated heterocycles. The van der Waals surface area contributed by atoms with Gasteiger partial charge in [-0.15, -0.1) is 10.2 Å². The third-order valence-electron chi connectivity index (χ3n) is 9.31. The molecule has 6 N–H and O–H groups in total. The SMILES string of the molecule is COc1ccc(Cn2c(CCc3c[nH]c4ccccc34)nnc2C(Cc2c[nH]c3ccccc23)NC(=O)C2(N)CCNCC2)cc1. The summed E-state index contributed by atoms with van der Waals surface area (Å²) in [6, 6.07) is 24.1. The number of hydrogen-bond acceptors (Lipinski definition) is 6. The molecule has 1 amide bonds. The largest absolute Gasteiger partial charge is 0.497 e. The van der Waals surface area contributed by atoms with E-state index in [9.17, 15) is 4.79 Å². The molecule has 0 bridgehead atoms. The van der Waals surface area contributed by atoms with Crippen molar-refractivity contribution in [1.82, 2.24) is 35.4 Å². The average Bonchev–Trinajstić information content (AvgIpc) is 3.81. The highest BCUT2D eigenvalue weighted by molar-refractivity contribution is 5.87. The van der Waals surface area contributed by atoms with Crippen molar-refractivity contribution in [2.45, 2.75) is 50.2 Å². The monoisotopic (exact) mass is 616 g/mol. The second kappa shape index (κ2) is 12.8. The summed E-state index contributed by atoms with van der Waals surface area (Å²) >= 11 is 0. The van der Waals surface area contributed by atoms with Gasteiger partial charge < -0.3 is 35.6 Å². The number of fused-ring (bicyclic) bond motifs is 2. The number of amides is 1. The summed E-state index contributed by atoms with van der Waals surface area (Å²) in [5, 5.41) is 18.5. The molecule has 1 aliphatic rings. The number of aromatic amines is 2. The van der Waals surface area contributed by atoms with Crippen molar-refractivity contribution in [2.75, 3.05) is 20.2 Å². The molecular weight excluding hydrogens is 576 g/mol. The van der Waals surface area contributed by atoms with Gasteiger partial charge in [-0.2, -0.15) is 0 Å². The van der Waals surface area contributed by atoms with Gasteiger partial charge in [0.2, 0.25) is 5.91 Å². The van der Waals surface area contributed by atoms with Crippen molar-refractivity contribution in [1.29, 1.82) is 0 Å². The number of piperidine rings is 1. The van der Waals surface area contributed by atoms with Crippen LogP contribution in [0.1, 0.15) is 47.2 Å². The third-order valence-corrected chi connectivity index (χ3v) is 9.31. The average molecular weight is 617 g/mol. The van der Waals surface area contributed by atoms with Crippen molar-refractivity contribution in [3.05, 3.63) is 114 Å². The molecule has 1 atom stereocenters. The lowest BCUT2D eigenvalue weighted by molar-refractivity contribution is -0.128. The van der Waals surface area contributed by atoms with Crippen LogP contribution in [0.4, 0.5) is 0 Å². The molecule has 0 aliphatic carbocycles. The number of nitrogens with zero attached hydrogens (tertiary/aromatic N) is 3. The molecule has 1 unspecified atom stereocenters. The molecule has 0 radical (unpaired) electrons. The molecule has 46 heavy (non-hydrogen) atoms. The number of aromatic nitrogens is 5. The smallest absolute Gasteiger partial charge is 0.240 e. The van der Waals surface area contributed by atoms with Gasteiger partial charge in [-0.05, 0) is 73.3 Å². The summed E-state index contributed by atoms with van der Waals surface area (Å²) in [7, 11) is 1.67. The molecule has 6 aromatic rings. The van der Waals surface area contributed by atoms with Crippen molar-refractivity contribution in [3.8, 4) is 5.75 Å². The van der Waals surface area contributed by atoms with Gasteiger partial charge in [0.1, 0.15) is 11.6 Å². The predicted molar refractivity (Wildman–Crippen MR) is 180 cm³/mol. The fourth-order valence-electron chi connectivity index (χ4n) is 6.59. The Morgan fingerprint density at radius 1 is 0.913 bits per heavy atom. The first-order valence-electron chi connectivity index (χ1n) is 16.0. The number of carbonyl (C=O) groups is 1. The summed E-state index contributed by atoms with van der Waals surface area (Å²) in [5.74, 6) is 2.21. The number of hydrogen-bond donors (Lipinski definition) is 5. The van der Waals surface area contributed by atoms with Gasteiger partial charge >= 0.3 is 0 Å². The van der Waals surface area contributed by atoms with E-state index >= 15 is 0 Å². The van der Waals surface area contributed by atoms with Crippen molar-refractivity contribution in [2.24, 2.45) is 5.73 Å². The van der Waals surface area contributed by atoms with E-state index in [2.05, 4.69) is 73.8 Å². The zero-order valence-electron chi connectivity index (χ0n) is 26.1. The molecule has 7 rings (SSSR count). The van der Waals surface area contributed by atoms with Gasteiger partial charge in [0.15, 0.2) is 5.82 Å². The minimum Gasteiger partial charge on any atom is -0.497 e. The maximum Gasteiger partial charge on any atom is 0.240 e. The second-order valence-electron chi connectivity index (χ2n) is 12.3. The number of nitrogens with two attached hydrogens (primary N) is 1.